The third-order valence-electron chi connectivity index (χ3n) is 5.72. The number of carbonyl (C=O) groups excluding carboxylic acids is 1. The fourth-order valence-electron chi connectivity index (χ4n) is 3.95. The average Bonchev–Trinajstić information content (AvgIpc) is 2.75. The van der Waals surface area contributed by atoms with Gasteiger partial charge in [0.1, 0.15) is 18.7 Å². The smallest absolute Gasteiger partial charge is 0.305 e. The number of benzene rings is 1. The van der Waals surface area contributed by atoms with Crippen LogP contribution in [0.2, 0.25) is 0 Å². The van der Waals surface area contributed by atoms with E-state index in [1.54, 1.807) is 6.07 Å². The van der Waals surface area contributed by atoms with E-state index in [2.05, 4.69) is 14.9 Å². The zero-order valence-electron chi connectivity index (χ0n) is 18.2. The number of carbonyl (C=O) groups is 1. The lowest BCUT2D eigenvalue weighted by molar-refractivity contribution is -0.384. The molecule has 0 saturated carbocycles. The van der Waals surface area contributed by atoms with Crippen molar-refractivity contribution in [2.45, 2.75) is 33.1 Å². The number of nitro benzene ring substituents is 1. The van der Waals surface area contributed by atoms with Crippen LogP contribution in [-0.2, 0) is 9.53 Å². The maximum absolute atomic E-state index is 11.4. The predicted molar refractivity (Wildman–Crippen MR) is 115 cm³/mol. The number of aromatic nitrogens is 2. The molecule has 2 heterocycles. The summed E-state index contributed by atoms with van der Waals surface area (Å²) >= 11 is 0. The lowest BCUT2D eigenvalue weighted by Gasteiger charge is -2.31. The first-order valence-corrected chi connectivity index (χ1v) is 10.4. The molecule has 0 bridgehead atoms. The SMILES string of the molecule is COC(=O)CC1CCN(CCOc2ccc([N+](=O)[O-])cc2-c2c(C)ncnc2C)CC1. The average molecular weight is 428 g/mol. The molecule has 1 aromatic heterocycles. The fourth-order valence-corrected chi connectivity index (χ4v) is 3.95. The third-order valence-corrected chi connectivity index (χ3v) is 5.72. The largest absolute Gasteiger partial charge is 0.492 e. The number of ether oxygens (including phenoxy) is 2. The Labute approximate surface area is 181 Å². The van der Waals surface area contributed by atoms with Crippen LogP contribution in [0.4, 0.5) is 5.69 Å². The molecule has 1 aliphatic rings. The molecular formula is C22H28N4O5. The van der Waals surface area contributed by atoms with Gasteiger partial charge in [0.25, 0.3) is 5.69 Å². The van der Waals surface area contributed by atoms with Gasteiger partial charge in [-0.25, -0.2) is 9.97 Å². The van der Waals surface area contributed by atoms with Crippen molar-refractivity contribution < 1.29 is 19.2 Å². The molecule has 9 nitrogen and oxygen atoms in total. The maximum Gasteiger partial charge on any atom is 0.305 e. The number of non-ortho nitro benzene ring substituents is 1. The summed E-state index contributed by atoms with van der Waals surface area (Å²) in [5.41, 5.74) is 2.86. The normalized spacial score (nSPS) is 14.9. The summed E-state index contributed by atoms with van der Waals surface area (Å²) in [6.45, 7) is 6.71. The van der Waals surface area contributed by atoms with Crippen molar-refractivity contribution in [3.63, 3.8) is 0 Å². The van der Waals surface area contributed by atoms with E-state index in [0.29, 0.717) is 30.3 Å². The van der Waals surface area contributed by atoms with E-state index >= 15 is 0 Å². The Bertz CT molecular complexity index is 921. The Hall–Kier alpha value is -3.07. The van der Waals surface area contributed by atoms with E-state index < -0.39 is 4.92 Å². The van der Waals surface area contributed by atoms with Gasteiger partial charge < -0.3 is 9.47 Å². The van der Waals surface area contributed by atoms with Gasteiger partial charge in [0.2, 0.25) is 0 Å². The van der Waals surface area contributed by atoms with Crippen molar-refractivity contribution in [1.82, 2.24) is 14.9 Å². The third kappa shape index (κ3) is 5.75. The van der Waals surface area contributed by atoms with E-state index in [1.807, 2.05) is 13.8 Å². The molecule has 1 aromatic carbocycles. The highest BCUT2D eigenvalue weighted by Crippen LogP contribution is 2.36. The van der Waals surface area contributed by atoms with Gasteiger partial charge in [-0.05, 0) is 51.8 Å². The molecular weight excluding hydrogens is 400 g/mol. The van der Waals surface area contributed by atoms with Crippen LogP contribution >= 0.6 is 0 Å². The molecule has 0 amide bonds. The van der Waals surface area contributed by atoms with E-state index in [4.69, 9.17) is 9.47 Å². The molecule has 0 spiro atoms. The molecule has 0 atom stereocenters. The second kappa shape index (κ2) is 10.3. The summed E-state index contributed by atoms with van der Waals surface area (Å²) < 4.78 is 10.8. The Kier molecular flexibility index (Phi) is 7.51. The second-order valence-electron chi connectivity index (χ2n) is 7.77. The zero-order valence-corrected chi connectivity index (χ0v) is 18.2. The van der Waals surface area contributed by atoms with Crippen molar-refractivity contribution >= 4 is 11.7 Å². The van der Waals surface area contributed by atoms with Crippen LogP contribution in [0.1, 0.15) is 30.7 Å². The standard InChI is InChI=1S/C22H28N4O5/c1-15-22(16(2)24-14-23-15)19-13-18(26(28)29)4-5-20(19)31-11-10-25-8-6-17(7-9-25)12-21(27)30-3/h4-5,13-14,17H,6-12H2,1-3H3. The summed E-state index contributed by atoms with van der Waals surface area (Å²) in [5, 5.41) is 11.3. The Balaban J connectivity index is 1.66. The molecule has 0 aliphatic carbocycles. The molecule has 3 rings (SSSR count). The highest BCUT2D eigenvalue weighted by Gasteiger charge is 2.22. The summed E-state index contributed by atoms with van der Waals surface area (Å²) in [6.07, 6.45) is 3.87. The van der Waals surface area contributed by atoms with Crippen LogP contribution in [0.5, 0.6) is 5.75 Å². The predicted octanol–water partition coefficient (Wildman–Crippen LogP) is 3.32. The van der Waals surface area contributed by atoms with Gasteiger partial charge in [-0.15, -0.1) is 0 Å². The van der Waals surface area contributed by atoms with Crippen LogP contribution in [0.15, 0.2) is 24.5 Å². The van der Waals surface area contributed by atoms with Gasteiger partial charge in [-0.2, -0.15) is 0 Å². The Morgan fingerprint density at radius 2 is 1.90 bits per heavy atom. The second-order valence-corrected chi connectivity index (χ2v) is 7.77. The minimum absolute atomic E-state index is 0.00215. The molecule has 0 N–H and O–H groups in total. The van der Waals surface area contributed by atoms with E-state index in [1.165, 1.54) is 25.6 Å². The molecule has 0 radical (unpaired) electrons. The minimum atomic E-state index is -0.416. The number of nitro groups is 1. The van der Waals surface area contributed by atoms with Gasteiger partial charge in [0.15, 0.2) is 0 Å². The number of esters is 1. The maximum atomic E-state index is 11.4. The van der Waals surface area contributed by atoms with Crippen LogP contribution in [-0.4, -0.2) is 59.1 Å². The van der Waals surface area contributed by atoms with Gasteiger partial charge in [-0.3, -0.25) is 19.8 Å². The lowest BCUT2D eigenvalue weighted by Crippen LogP contribution is -2.37. The number of rotatable bonds is 8. The lowest BCUT2D eigenvalue weighted by atomic mass is 9.94. The summed E-state index contributed by atoms with van der Waals surface area (Å²) in [6, 6.07) is 4.61. The zero-order chi connectivity index (χ0) is 22.4. The van der Waals surface area contributed by atoms with Crippen molar-refractivity contribution in [1.29, 1.82) is 0 Å². The first kappa shape index (κ1) is 22.6. The molecule has 9 heteroatoms. The van der Waals surface area contributed by atoms with Crippen molar-refractivity contribution in [3.8, 4) is 16.9 Å². The molecule has 166 valence electrons. The Morgan fingerprint density at radius 3 is 2.52 bits per heavy atom. The summed E-state index contributed by atoms with van der Waals surface area (Å²) in [5.74, 6) is 0.796. The van der Waals surface area contributed by atoms with Crippen molar-refractivity contribution in [2.75, 3.05) is 33.4 Å². The van der Waals surface area contributed by atoms with Crippen LogP contribution in [0.25, 0.3) is 11.1 Å². The topological polar surface area (TPSA) is 108 Å². The quantitative estimate of drug-likeness (QED) is 0.358. The summed E-state index contributed by atoms with van der Waals surface area (Å²) in [4.78, 5) is 33.1. The van der Waals surface area contributed by atoms with E-state index in [9.17, 15) is 14.9 Å². The molecule has 0 unspecified atom stereocenters. The van der Waals surface area contributed by atoms with E-state index in [0.717, 1.165) is 49.4 Å². The number of likely N-dealkylation sites (tertiary alicyclic amines) is 1. The van der Waals surface area contributed by atoms with Crippen LogP contribution < -0.4 is 4.74 Å². The van der Waals surface area contributed by atoms with Gasteiger partial charge >= 0.3 is 5.97 Å². The molecule has 31 heavy (non-hydrogen) atoms. The summed E-state index contributed by atoms with van der Waals surface area (Å²) in [7, 11) is 1.42. The van der Waals surface area contributed by atoms with Crippen LogP contribution in [0.3, 0.4) is 0 Å². The van der Waals surface area contributed by atoms with Gasteiger partial charge in [0, 0.05) is 47.6 Å². The molecule has 1 saturated heterocycles. The molecule has 2 aromatic rings. The number of piperidine rings is 1. The van der Waals surface area contributed by atoms with Gasteiger partial charge in [-0.1, -0.05) is 0 Å². The Morgan fingerprint density at radius 1 is 1.23 bits per heavy atom. The number of hydrogen-bond donors (Lipinski definition) is 0. The monoisotopic (exact) mass is 428 g/mol. The highest BCUT2D eigenvalue weighted by molar-refractivity contribution is 5.76. The number of hydrogen-bond acceptors (Lipinski definition) is 8. The first-order chi connectivity index (χ1) is 14.9. The van der Waals surface area contributed by atoms with Crippen molar-refractivity contribution in [2.24, 2.45) is 5.92 Å². The van der Waals surface area contributed by atoms with E-state index in [-0.39, 0.29) is 11.7 Å². The minimum Gasteiger partial charge on any atom is -0.492 e. The molecule has 1 fully saturated rings. The van der Waals surface area contributed by atoms with Crippen molar-refractivity contribution in [3.05, 3.63) is 46.0 Å². The highest BCUT2D eigenvalue weighted by atomic mass is 16.6. The number of methoxy groups -OCH3 is 1. The number of aryl methyl sites for hydroxylation is 2. The van der Waals surface area contributed by atoms with Gasteiger partial charge in [0.05, 0.1) is 12.0 Å². The van der Waals surface area contributed by atoms with Crippen LogP contribution in [0, 0.1) is 29.9 Å². The fraction of sp³-hybridized carbons (Fsp3) is 0.500. The number of nitrogens with zero attached hydrogens (tertiary/aromatic N) is 4. The first-order valence-electron chi connectivity index (χ1n) is 10.4. The molecule has 1 aliphatic heterocycles.